The lowest BCUT2D eigenvalue weighted by atomic mass is 9.66. The Hall–Kier alpha value is -2.64. The molecule has 0 bridgehead atoms. The molecular weight excluding hydrogens is 440 g/mol. The van der Waals surface area contributed by atoms with Crippen LogP contribution < -0.4 is 4.74 Å². The monoisotopic (exact) mass is 466 g/mol. The molecule has 3 aromatic rings. The van der Waals surface area contributed by atoms with Gasteiger partial charge in [-0.05, 0) is 55.6 Å². The molecule has 7 nitrogen and oxygen atoms in total. The van der Waals surface area contributed by atoms with E-state index in [-0.39, 0.29) is 17.4 Å². The molecule has 8 heteroatoms. The number of ether oxygens (including phenoxy) is 1. The molecule has 172 valence electrons. The molecule has 0 atom stereocenters. The molecule has 1 aliphatic heterocycles. The van der Waals surface area contributed by atoms with E-state index in [2.05, 4.69) is 15.0 Å². The first-order chi connectivity index (χ1) is 15.8. The molecule has 3 heterocycles. The fourth-order valence-electron chi connectivity index (χ4n) is 5.58. The van der Waals surface area contributed by atoms with E-state index in [1.54, 1.807) is 6.92 Å². The van der Waals surface area contributed by atoms with Crippen LogP contribution in [0.5, 0.6) is 6.01 Å². The summed E-state index contributed by atoms with van der Waals surface area (Å²) in [4.78, 5) is 26.0. The van der Waals surface area contributed by atoms with Gasteiger partial charge in [-0.3, -0.25) is 4.79 Å². The molecular formula is C25H27ClN4O3. The van der Waals surface area contributed by atoms with Gasteiger partial charge in [-0.25, -0.2) is 4.98 Å². The Morgan fingerprint density at radius 1 is 1.21 bits per heavy atom. The number of pyridine rings is 1. The number of nitrogens with one attached hydrogen (secondary N) is 1. The van der Waals surface area contributed by atoms with Crippen molar-refractivity contribution in [2.24, 2.45) is 5.41 Å². The maximum atomic E-state index is 11.6. The molecule has 1 spiro atoms. The van der Waals surface area contributed by atoms with Gasteiger partial charge in [0.2, 0.25) is 5.91 Å². The van der Waals surface area contributed by atoms with Gasteiger partial charge in [0.1, 0.15) is 6.10 Å². The standard InChI is InChI=1S/C25H27ClN4O3/c1-15(31)30-10-9-24(14-30)12-18(13-24)33-23-27-20-11-19(26)21(28-22(20)29-23)16-3-5-17(6-4-16)25(32)7-2-8-25/h3-6,11,18,32H,2,7-10,12-14H2,1H3,(H,27,28,29). The van der Waals surface area contributed by atoms with Gasteiger partial charge in [0.15, 0.2) is 5.65 Å². The van der Waals surface area contributed by atoms with Gasteiger partial charge in [-0.1, -0.05) is 35.9 Å². The highest BCUT2D eigenvalue weighted by Crippen LogP contribution is 2.49. The minimum absolute atomic E-state index is 0.0947. The van der Waals surface area contributed by atoms with Gasteiger partial charge in [0, 0.05) is 25.6 Å². The zero-order chi connectivity index (χ0) is 22.8. The molecule has 0 radical (unpaired) electrons. The second kappa shape index (κ2) is 7.43. The van der Waals surface area contributed by atoms with Crippen LogP contribution in [0.1, 0.15) is 51.0 Å². The minimum Gasteiger partial charge on any atom is -0.461 e. The first-order valence-electron chi connectivity index (χ1n) is 11.6. The minimum atomic E-state index is -0.683. The summed E-state index contributed by atoms with van der Waals surface area (Å²) >= 11 is 6.55. The second-order valence-corrected chi connectivity index (χ2v) is 10.4. The van der Waals surface area contributed by atoms with Gasteiger partial charge in [0.05, 0.1) is 21.8 Å². The third kappa shape index (κ3) is 3.58. The van der Waals surface area contributed by atoms with Crippen LogP contribution in [0.4, 0.5) is 0 Å². The Balaban J connectivity index is 1.17. The molecule has 2 aromatic heterocycles. The molecule has 3 aliphatic rings. The number of halogens is 1. The number of aromatic amines is 1. The maximum Gasteiger partial charge on any atom is 0.296 e. The van der Waals surface area contributed by atoms with Crippen molar-refractivity contribution in [3.05, 3.63) is 40.9 Å². The van der Waals surface area contributed by atoms with Crippen molar-refractivity contribution in [3.8, 4) is 17.3 Å². The summed E-state index contributed by atoms with van der Waals surface area (Å²) in [7, 11) is 0. The Morgan fingerprint density at radius 3 is 2.61 bits per heavy atom. The lowest BCUT2D eigenvalue weighted by molar-refractivity contribution is -0.129. The van der Waals surface area contributed by atoms with E-state index < -0.39 is 5.60 Å². The number of hydrogen-bond donors (Lipinski definition) is 2. The zero-order valence-corrected chi connectivity index (χ0v) is 19.4. The third-order valence-corrected chi connectivity index (χ3v) is 8.05. The van der Waals surface area contributed by atoms with E-state index in [0.717, 1.165) is 68.3 Å². The average molecular weight is 467 g/mol. The van der Waals surface area contributed by atoms with Crippen LogP contribution in [-0.2, 0) is 10.4 Å². The van der Waals surface area contributed by atoms with Crippen LogP contribution in [0, 0.1) is 5.41 Å². The summed E-state index contributed by atoms with van der Waals surface area (Å²) in [5.74, 6) is 0.154. The first-order valence-corrected chi connectivity index (χ1v) is 12.0. The van der Waals surface area contributed by atoms with Crippen LogP contribution in [0.2, 0.25) is 5.02 Å². The van der Waals surface area contributed by atoms with Crippen LogP contribution >= 0.6 is 11.6 Å². The third-order valence-electron chi connectivity index (χ3n) is 7.76. The van der Waals surface area contributed by atoms with Crippen molar-refractivity contribution in [2.45, 2.75) is 57.2 Å². The molecule has 1 amide bonds. The quantitative estimate of drug-likeness (QED) is 0.593. The number of carbonyl (C=O) groups is 1. The van der Waals surface area contributed by atoms with Crippen molar-refractivity contribution in [2.75, 3.05) is 13.1 Å². The summed E-state index contributed by atoms with van der Waals surface area (Å²) in [6, 6.07) is 10.1. The van der Waals surface area contributed by atoms with Gasteiger partial charge in [0.25, 0.3) is 6.01 Å². The largest absolute Gasteiger partial charge is 0.461 e. The SMILES string of the molecule is CC(=O)N1CCC2(CC(Oc3nc4nc(-c5ccc(C6(O)CCC6)cc5)c(Cl)cc4[nH]3)C2)C1. The number of amides is 1. The highest BCUT2D eigenvalue weighted by atomic mass is 35.5. The van der Waals surface area contributed by atoms with E-state index in [0.29, 0.717) is 22.4 Å². The lowest BCUT2D eigenvalue weighted by Crippen LogP contribution is -2.46. The van der Waals surface area contributed by atoms with E-state index in [9.17, 15) is 9.90 Å². The highest BCUT2D eigenvalue weighted by molar-refractivity contribution is 6.33. The summed E-state index contributed by atoms with van der Waals surface area (Å²) in [5, 5.41) is 11.1. The predicted molar refractivity (Wildman–Crippen MR) is 125 cm³/mol. The molecule has 2 N–H and O–H groups in total. The highest BCUT2D eigenvalue weighted by Gasteiger charge is 2.50. The van der Waals surface area contributed by atoms with E-state index >= 15 is 0 Å². The molecule has 6 rings (SSSR count). The van der Waals surface area contributed by atoms with Gasteiger partial charge >= 0.3 is 0 Å². The zero-order valence-electron chi connectivity index (χ0n) is 18.6. The molecule has 1 saturated heterocycles. The molecule has 3 fully saturated rings. The molecule has 2 aliphatic carbocycles. The number of fused-ring (bicyclic) bond motifs is 1. The summed E-state index contributed by atoms with van der Waals surface area (Å²) < 4.78 is 6.09. The number of benzene rings is 1. The maximum absolute atomic E-state index is 11.6. The van der Waals surface area contributed by atoms with Crippen LogP contribution in [0.3, 0.4) is 0 Å². The Labute approximate surface area is 197 Å². The lowest BCUT2D eigenvalue weighted by Gasteiger charge is -2.44. The van der Waals surface area contributed by atoms with Crippen molar-refractivity contribution in [1.82, 2.24) is 19.9 Å². The van der Waals surface area contributed by atoms with Gasteiger partial charge < -0.3 is 19.7 Å². The van der Waals surface area contributed by atoms with Crippen molar-refractivity contribution >= 4 is 28.7 Å². The molecule has 33 heavy (non-hydrogen) atoms. The average Bonchev–Trinajstić information content (AvgIpc) is 3.36. The number of carbonyl (C=O) groups excluding carboxylic acids is 1. The van der Waals surface area contributed by atoms with E-state index in [1.807, 2.05) is 35.2 Å². The topological polar surface area (TPSA) is 91.3 Å². The smallest absolute Gasteiger partial charge is 0.296 e. The number of nitrogens with zero attached hydrogens (tertiary/aromatic N) is 3. The first kappa shape index (κ1) is 20.9. The van der Waals surface area contributed by atoms with E-state index in [4.69, 9.17) is 16.3 Å². The fraction of sp³-hybridized carbons (Fsp3) is 0.480. The van der Waals surface area contributed by atoms with E-state index in [1.165, 1.54) is 0 Å². The summed E-state index contributed by atoms with van der Waals surface area (Å²) in [6.45, 7) is 3.31. The van der Waals surface area contributed by atoms with Crippen LogP contribution in [0.25, 0.3) is 22.4 Å². The number of hydrogen-bond acceptors (Lipinski definition) is 5. The Bertz CT molecular complexity index is 1230. The Morgan fingerprint density at radius 2 is 1.97 bits per heavy atom. The van der Waals surface area contributed by atoms with Crippen LogP contribution in [-0.4, -0.2) is 50.1 Å². The number of aromatic nitrogens is 3. The van der Waals surface area contributed by atoms with Gasteiger partial charge in [-0.15, -0.1) is 0 Å². The van der Waals surface area contributed by atoms with Crippen molar-refractivity contribution in [3.63, 3.8) is 0 Å². The normalized spacial score (nSPS) is 25.8. The molecule has 2 saturated carbocycles. The number of aliphatic hydroxyl groups is 1. The Kier molecular flexibility index (Phi) is 4.72. The van der Waals surface area contributed by atoms with Gasteiger partial charge in [-0.2, -0.15) is 4.98 Å². The van der Waals surface area contributed by atoms with Crippen LogP contribution in [0.15, 0.2) is 30.3 Å². The second-order valence-electron chi connectivity index (χ2n) is 10.0. The number of imidazole rings is 1. The fourth-order valence-corrected chi connectivity index (χ4v) is 5.84. The predicted octanol–water partition coefficient (Wildman–Crippen LogP) is 4.43. The van der Waals surface area contributed by atoms with Crippen molar-refractivity contribution < 1.29 is 14.6 Å². The summed E-state index contributed by atoms with van der Waals surface area (Å²) in [5.41, 5.74) is 3.30. The number of H-pyrrole nitrogens is 1. The summed E-state index contributed by atoms with van der Waals surface area (Å²) in [6.07, 6.45) is 5.69. The molecule has 1 aromatic carbocycles. The number of rotatable bonds is 4. The number of likely N-dealkylation sites (tertiary alicyclic amines) is 1. The molecule has 0 unspecified atom stereocenters. The van der Waals surface area contributed by atoms with Crippen molar-refractivity contribution in [1.29, 1.82) is 0 Å².